The van der Waals surface area contributed by atoms with Gasteiger partial charge in [0.1, 0.15) is 23.9 Å². The highest BCUT2D eigenvalue weighted by molar-refractivity contribution is 5.34. The quantitative estimate of drug-likeness (QED) is 0.602. The van der Waals surface area contributed by atoms with Gasteiger partial charge in [-0.1, -0.05) is 55.3 Å². The Hall–Kier alpha value is -2.82. The van der Waals surface area contributed by atoms with Crippen molar-refractivity contribution in [2.24, 2.45) is 0 Å². The summed E-state index contributed by atoms with van der Waals surface area (Å²) in [7, 11) is 0. The van der Waals surface area contributed by atoms with Gasteiger partial charge in [-0.25, -0.2) is 0 Å². The molecule has 0 bridgehead atoms. The molecule has 1 aromatic heterocycles. The van der Waals surface area contributed by atoms with Crippen molar-refractivity contribution in [3.63, 3.8) is 0 Å². The summed E-state index contributed by atoms with van der Waals surface area (Å²) in [4.78, 5) is 0. The summed E-state index contributed by atoms with van der Waals surface area (Å²) in [5.41, 5.74) is 1.13. The van der Waals surface area contributed by atoms with Crippen LogP contribution in [-0.4, -0.2) is 14.8 Å². The predicted molar refractivity (Wildman–Crippen MR) is 97.0 cm³/mol. The summed E-state index contributed by atoms with van der Waals surface area (Å²) in [6.07, 6.45) is 1.83. The molecule has 0 saturated carbocycles. The lowest BCUT2D eigenvalue weighted by atomic mass is 10.2. The second kappa shape index (κ2) is 8.33. The summed E-state index contributed by atoms with van der Waals surface area (Å²) < 4.78 is 13.8. The van der Waals surface area contributed by atoms with E-state index in [4.69, 9.17) is 9.47 Å². The van der Waals surface area contributed by atoms with Gasteiger partial charge in [-0.2, -0.15) is 0 Å². The van der Waals surface area contributed by atoms with Gasteiger partial charge in [0.05, 0.1) is 0 Å². The monoisotopic (exact) mass is 337 g/mol. The Morgan fingerprint density at radius 2 is 1.72 bits per heavy atom. The number of benzene rings is 2. The van der Waals surface area contributed by atoms with E-state index in [0.717, 1.165) is 36.5 Å². The van der Waals surface area contributed by atoms with Crippen LogP contribution in [-0.2, 0) is 19.6 Å². The summed E-state index contributed by atoms with van der Waals surface area (Å²) in [6.45, 7) is 5.56. The summed E-state index contributed by atoms with van der Waals surface area (Å²) >= 11 is 0. The first kappa shape index (κ1) is 17.0. The van der Waals surface area contributed by atoms with E-state index in [1.807, 2.05) is 59.2 Å². The van der Waals surface area contributed by atoms with Gasteiger partial charge >= 0.3 is 6.01 Å². The van der Waals surface area contributed by atoms with Crippen molar-refractivity contribution in [2.45, 2.75) is 39.8 Å². The molecule has 0 atom stereocenters. The van der Waals surface area contributed by atoms with Crippen molar-refractivity contribution in [3.05, 3.63) is 66.0 Å². The maximum atomic E-state index is 5.95. The van der Waals surface area contributed by atoms with E-state index in [1.165, 1.54) is 0 Å². The largest absolute Gasteiger partial charge is 0.489 e. The first-order chi connectivity index (χ1) is 12.3. The second-order valence-electron chi connectivity index (χ2n) is 5.76. The Kier molecular flexibility index (Phi) is 5.67. The molecule has 0 aliphatic heterocycles. The van der Waals surface area contributed by atoms with Gasteiger partial charge in [0.2, 0.25) is 0 Å². The van der Waals surface area contributed by atoms with Crippen LogP contribution in [0.3, 0.4) is 0 Å². The first-order valence-electron chi connectivity index (χ1n) is 8.67. The fraction of sp³-hybridized carbons (Fsp3) is 0.300. The Bertz CT molecular complexity index is 800. The maximum absolute atomic E-state index is 5.95. The van der Waals surface area contributed by atoms with Crippen LogP contribution >= 0.6 is 0 Å². The van der Waals surface area contributed by atoms with Gasteiger partial charge in [-0.3, -0.25) is 4.57 Å². The van der Waals surface area contributed by atoms with Crippen LogP contribution in [0.5, 0.6) is 17.5 Å². The standard InChI is InChI=1S/C20H23N3O2/c1-3-13-23-19(4-2)21-22-20(23)25-18-12-8-11-17(14-18)24-15-16-9-6-5-7-10-16/h5-12,14H,3-4,13,15H2,1-2H3. The van der Waals surface area contributed by atoms with Crippen LogP contribution in [0.25, 0.3) is 0 Å². The molecule has 130 valence electrons. The molecular formula is C20H23N3O2. The molecule has 0 fully saturated rings. The molecule has 2 aromatic carbocycles. The number of nitrogens with zero attached hydrogens (tertiary/aromatic N) is 3. The average molecular weight is 337 g/mol. The van der Waals surface area contributed by atoms with Crippen molar-refractivity contribution < 1.29 is 9.47 Å². The zero-order valence-corrected chi connectivity index (χ0v) is 14.7. The van der Waals surface area contributed by atoms with Gasteiger partial charge < -0.3 is 9.47 Å². The third kappa shape index (κ3) is 4.38. The lowest BCUT2D eigenvalue weighted by molar-refractivity contribution is 0.304. The fourth-order valence-corrected chi connectivity index (χ4v) is 2.58. The van der Waals surface area contributed by atoms with E-state index in [2.05, 4.69) is 24.0 Å². The number of aromatic nitrogens is 3. The molecule has 1 heterocycles. The van der Waals surface area contributed by atoms with Crippen molar-refractivity contribution >= 4 is 0 Å². The molecule has 0 spiro atoms. The van der Waals surface area contributed by atoms with Gasteiger partial charge in [0.25, 0.3) is 0 Å². The van der Waals surface area contributed by atoms with Crippen LogP contribution < -0.4 is 9.47 Å². The van der Waals surface area contributed by atoms with E-state index < -0.39 is 0 Å². The molecular weight excluding hydrogens is 314 g/mol. The number of rotatable bonds is 8. The summed E-state index contributed by atoms with van der Waals surface area (Å²) in [6, 6.07) is 18.2. The van der Waals surface area contributed by atoms with Crippen LogP contribution in [0.4, 0.5) is 0 Å². The van der Waals surface area contributed by atoms with E-state index in [0.29, 0.717) is 18.4 Å². The SMILES string of the molecule is CCCn1c(CC)nnc1Oc1cccc(OCc2ccccc2)c1. The average Bonchev–Trinajstić information content (AvgIpc) is 3.03. The second-order valence-corrected chi connectivity index (χ2v) is 5.76. The molecule has 0 saturated heterocycles. The Morgan fingerprint density at radius 3 is 2.48 bits per heavy atom. The van der Waals surface area contributed by atoms with Gasteiger partial charge in [0.15, 0.2) is 0 Å². The normalized spacial score (nSPS) is 10.6. The minimum atomic E-state index is 0.524. The number of hydrogen-bond donors (Lipinski definition) is 0. The highest BCUT2D eigenvalue weighted by atomic mass is 16.5. The van der Waals surface area contributed by atoms with Crippen molar-refractivity contribution in [2.75, 3.05) is 0 Å². The molecule has 5 heteroatoms. The molecule has 0 aliphatic carbocycles. The van der Waals surface area contributed by atoms with Crippen molar-refractivity contribution in [1.29, 1.82) is 0 Å². The van der Waals surface area contributed by atoms with Gasteiger partial charge in [-0.15, -0.1) is 5.10 Å². The minimum absolute atomic E-state index is 0.524. The summed E-state index contributed by atoms with van der Waals surface area (Å²) in [5.74, 6) is 2.39. The first-order valence-corrected chi connectivity index (χ1v) is 8.67. The highest BCUT2D eigenvalue weighted by Gasteiger charge is 2.12. The summed E-state index contributed by atoms with van der Waals surface area (Å²) in [5, 5.41) is 8.38. The molecule has 5 nitrogen and oxygen atoms in total. The number of ether oxygens (including phenoxy) is 2. The fourth-order valence-electron chi connectivity index (χ4n) is 2.58. The van der Waals surface area contributed by atoms with Crippen molar-refractivity contribution in [3.8, 4) is 17.5 Å². The zero-order chi connectivity index (χ0) is 17.5. The molecule has 0 unspecified atom stereocenters. The highest BCUT2D eigenvalue weighted by Crippen LogP contribution is 2.25. The van der Waals surface area contributed by atoms with Gasteiger partial charge in [0, 0.05) is 19.0 Å². The Balaban J connectivity index is 1.70. The molecule has 0 aliphatic rings. The number of aryl methyl sites for hydroxylation is 1. The van der Waals surface area contributed by atoms with E-state index in [1.54, 1.807) is 0 Å². The smallest absolute Gasteiger partial charge is 0.322 e. The molecule has 0 N–H and O–H groups in total. The third-order valence-corrected chi connectivity index (χ3v) is 3.82. The number of hydrogen-bond acceptors (Lipinski definition) is 4. The van der Waals surface area contributed by atoms with Crippen LogP contribution in [0.15, 0.2) is 54.6 Å². The zero-order valence-electron chi connectivity index (χ0n) is 14.7. The predicted octanol–water partition coefficient (Wildman–Crippen LogP) is 4.62. The third-order valence-electron chi connectivity index (χ3n) is 3.82. The van der Waals surface area contributed by atoms with E-state index >= 15 is 0 Å². The van der Waals surface area contributed by atoms with Crippen LogP contribution in [0, 0.1) is 0 Å². The van der Waals surface area contributed by atoms with E-state index in [9.17, 15) is 0 Å². The van der Waals surface area contributed by atoms with Gasteiger partial charge in [-0.05, 0) is 24.1 Å². The lowest BCUT2D eigenvalue weighted by Gasteiger charge is -2.10. The Morgan fingerprint density at radius 1 is 0.920 bits per heavy atom. The molecule has 0 radical (unpaired) electrons. The minimum Gasteiger partial charge on any atom is -0.489 e. The molecule has 3 aromatic rings. The maximum Gasteiger partial charge on any atom is 0.322 e. The van der Waals surface area contributed by atoms with E-state index in [-0.39, 0.29) is 0 Å². The van der Waals surface area contributed by atoms with Crippen LogP contribution in [0.1, 0.15) is 31.7 Å². The molecule has 25 heavy (non-hydrogen) atoms. The molecule has 0 amide bonds. The van der Waals surface area contributed by atoms with Crippen LogP contribution in [0.2, 0.25) is 0 Å². The molecule has 3 rings (SSSR count). The Labute approximate surface area is 148 Å². The lowest BCUT2D eigenvalue weighted by Crippen LogP contribution is -2.04. The topological polar surface area (TPSA) is 49.2 Å². The van der Waals surface area contributed by atoms with Crippen molar-refractivity contribution in [1.82, 2.24) is 14.8 Å².